The molecule has 28 heavy (non-hydrogen) atoms. The predicted octanol–water partition coefficient (Wildman–Crippen LogP) is 2.23. The molecule has 0 radical (unpaired) electrons. The predicted molar refractivity (Wildman–Crippen MR) is 105 cm³/mol. The Morgan fingerprint density at radius 1 is 1.14 bits per heavy atom. The summed E-state index contributed by atoms with van der Waals surface area (Å²) in [7, 11) is 0. The minimum absolute atomic E-state index is 0.0135. The summed E-state index contributed by atoms with van der Waals surface area (Å²) in [4.78, 5) is 50.7. The van der Waals surface area contributed by atoms with Gasteiger partial charge in [-0.15, -0.1) is 11.8 Å². The summed E-state index contributed by atoms with van der Waals surface area (Å²) >= 11 is 1.50. The number of allylic oxidation sites excluding steroid dienone is 2. The monoisotopic (exact) mass is 402 g/mol. The first-order valence-electron chi connectivity index (χ1n) is 9.10. The lowest BCUT2D eigenvalue weighted by molar-refractivity contribution is -0.148. The molecule has 1 saturated heterocycles. The normalized spacial score (nSPS) is 20.8. The van der Waals surface area contributed by atoms with Crippen molar-refractivity contribution in [3.63, 3.8) is 0 Å². The SMILES string of the molecule is CSc1ccccc1NC(=O)COC(=O)CCN1C(=O)[C@H]2CC=CC[C@H]2C1=O. The van der Waals surface area contributed by atoms with Gasteiger partial charge in [0, 0.05) is 11.4 Å². The maximum Gasteiger partial charge on any atom is 0.308 e. The Hall–Kier alpha value is -2.61. The minimum Gasteiger partial charge on any atom is -0.456 e. The number of benzene rings is 1. The molecule has 7 nitrogen and oxygen atoms in total. The quantitative estimate of drug-likeness (QED) is 0.325. The van der Waals surface area contributed by atoms with Crippen LogP contribution < -0.4 is 5.32 Å². The number of rotatable bonds is 7. The van der Waals surface area contributed by atoms with Gasteiger partial charge in [0.2, 0.25) is 11.8 Å². The maximum atomic E-state index is 12.3. The number of amides is 3. The van der Waals surface area contributed by atoms with E-state index in [1.165, 1.54) is 11.8 Å². The molecule has 0 saturated carbocycles. The van der Waals surface area contributed by atoms with Gasteiger partial charge < -0.3 is 10.1 Å². The van der Waals surface area contributed by atoms with Crippen LogP contribution in [0.25, 0.3) is 0 Å². The van der Waals surface area contributed by atoms with E-state index in [0.29, 0.717) is 18.5 Å². The van der Waals surface area contributed by atoms with Crippen LogP contribution in [0.15, 0.2) is 41.3 Å². The molecule has 0 aromatic heterocycles. The minimum atomic E-state index is -0.623. The molecule has 8 heteroatoms. The number of hydrogen-bond acceptors (Lipinski definition) is 6. The molecule has 0 bridgehead atoms. The van der Waals surface area contributed by atoms with E-state index in [0.717, 1.165) is 9.80 Å². The van der Waals surface area contributed by atoms with Crippen LogP contribution in [0.4, 0.5) is 5.69 Å². The summed E-state index contributed by atoms with van der Waals surface area (Å²) in [6.07, 6.45) is 6.73. The molecule has 1 fully saturated rings. The van der Waals surface area contributed by atoms with Crippen molar-refractivity contribution < 1.29 is 23.9 Å². The molecule has 0 unspecified atom stereocenters. The molecule has 1 heterocycles. The third-order valence-electron chi connectivity index (χ3n) is 4.88. The van der Waals surface area contributed by atoms with Gasteiger partial charge in [0.15, 0.2) is 6.61 Å². The van der Waals surface area contributed by atoms with E-state index in [4.69, 9.17) is 4.74 Å². The van der Waals surface area contributed by atoms with Crippen LogP contribution in [-0.4, -0.2) is 48.0 Å². The standard InChI is InChI=1S/C20H22N2O5S/c1-28-16-9-5-4-8-15(16)21-17(23)12-27-18(24)10-11-22-19(25)13-6-2-3-7-14(13)20(22)26/h2-5,8-9,13-14H,6-7,10-12H2,1H3,(H,21,23)/t13-,14+. The van der Waals surface area contributed by atoms with Crippen molar-refractivity contribution in [2.24, 2.45) is 11.8 Å². The summed E-state index contributed by atoms with van der Waals surface area (Å²) in [5, 5.41) is 2.70. The number of imide groups is 1. The largest absolute Gasteiger partial charge is 0.456 e. The number of para-hydroxylation sites is 1. The molecular formula is C20H22N2O5S. The number of fused-ring (bicyclic) bond motifs is 1. The molecule has 1 N–H and O–H groups in total. The van der Waals surface area contributed by atoms with Gasteiger partial charge in [-0.05, 0) is 31.2 Å². The van der Waals surface area contributed by atoms with Crippen molar-refractivity contribution in [2.75, 3.05) is 24.7 Å². The van der Waals surface area contributed by atoms with E-state index >= 15 is 0 Å². The Kier molecular flexibility index (Phi) is 6.51. The number of hydrogen-bond donors (Lipinski definition) is 1. The highest BCUT2D eigenvalue weighted by Crippen LogP contribution is 2.35. The molecule has 2 atom stereocenters. The van der Waals surface area contributed by atoms with Crippen molar-refractivity contribution >= 4 is 41.1 Å². The van der Waals surface area contributed by atoms with E-state index in [1.54, 1.807) is 12.1 Å². The third-order valence-corrected chi connectivity index (χ3v) is 5.68. The summed E-state index contributed by atoms with van der Waals surface area (Å²) in [6, 6.07) is 7.32. The molecule has 1 aromatic rings. The van der Waals surface area contributed by atoms with E-state index in [9.17, 15) is 19.2 Å². The zero-order valence-corrected chi connectivity index (χ0v) is 16.4. The average molecular weight is 402 g/mol. The Labute approximate surface area is 167 Å². The first-order chi connectivity index (χ1) is 13.5. The van der Waals surface area contributed by atoms with Gasteiger partial charge >= 0.3 is 5.97 Å². The van der Waals surface area contributed by atoms with Gasteiger partial charge in [-0.1, -0.05) is 24.3 Å². The number of likely N-dealkylation sites (tertiary alicyclic amines) is 1. The van der Waals surface area contributed by atoms with Crippen LogP contribution in [0.2, 0.25) is 0 Å². The number of carbonyl (C=O) groups excluding carboxylic acids is 4. The summed E-state index contributed by atoms with van der Waals surface area (Å²) in [6.45, 7) is -0.432. The number of nitrogens with one attached hydrogen (secondary N) is 1. The highest BCUT2D eigenvalue weighted by Gasteiger charge is 2.46. The average Bonchev–Trinajstić information content (AvgIpc) is 2.95. The van der Waals surface area contributed by atoms with E-state index in [-0.39, 0.29) is 36.6 Å². The highest BCUT2D eigenvalue weighted by atomic mass is 32.2. The number of esters is 1. The fourth-order valence-electron chi connectivity index (χ4n) is 3.44. The van der Waals surface area contributed by atoms with Gasteiger partial charge in [-0.3, -0.25) is 24.1 Å². The lowest BCUT2D eigenvalue weighted by atomic mass is 9.85. The fourth-order valence-corrected chi connectivity index (χ4v) is 4.00. The van der Waals surface area contributed by atoms with E-state index in [2.05, 4.69) is 5.32 Å². The molecule has 2 aliphatic rings. The summed E-state index contributed by atoms with van der Waals surface area (Å²) < 4.78 is 4.98. The van der Waals surface area contributed by atoms with Crippen LogP contribution in [0, 0.1) is 11.8 Å². The fraction of sp³-hybridized carbons (Fsp3) is 0.400. The molecule has 1 aliphatic heterocycles. The number of thioether (sulfide) groups is 1. The Bertz CT molecular complexity index is 797. The highest BCUT2D eigenvalue weighted by molar-refractivity contribution is 7.98. The summed E-state index contributed by atoms with van der Waals surface area (Å²) in [5.74, 6) is -2.13. The van der Waals surface area contributed by atoms with E-state index in [1.807, 2.05) is 30.5 Å². The second-order valence-corrected chi connectivity index (χ2v) is 7.49. The number of anilines is 1. The number of nitrogens with zero attached hydrogens (tertiary/aromatic N) is 1. The molecular weight excluding hydrogens is 380 g/mol. The van der Waals surface area contributed by atoms with Crippen LogP contribution in [-0.2, 0) is 23.9 Å². The molecule has 148 valence electrons. The Morgan fingerprint density at radius 2 is 1.79 bits per heavy atom. The third kappa shape index (κ3) is 4.44. The first-order valence-corrected chi connectivity index (χ1v) is 10.3. The van der Waals surface area contributed by atoms with Crippen LogP contribution >= 0.6 is 11.8 Å². The smallest absolute Gasteiger partial charge is 0.308 e. The molecule has 3 amide bonds. The van der Waals surface area contributed by atoms with Crippen molar-refractivity contribution in [3.8, 4) is 0 Å². The van der Waals surface area contributed by atoms with Crippen molar-refractivity contribution in [1.82, 2.24) is 4.90 Å². The molecule has 1 aromatic carbocycles. The van der Waals surface area contributed by atoms with Gasteiger partial charge in [0.05, 0.1) is 23.9 Å². The van der Waals surface area contributed by atoms with Crippen molar-refractivity contribution in [1.29, 1.82) is 0 Å². The summed E-state index contributed by atoms with van der Waals surface area (Å²) in [5.41, 5.74) is 0.653. The zero-order chi connectivity index (χ0) is 20.1. The van der Waals surface area contributed by atoms with Crippen LogP contribution in [0.3, 0.4) is 0 Å². The van der Waals surface area contributed by atoms with Crippen molar-refractivity contribution in [3.05, 3.63) is 36.4 Å². The maximum absolute atomic E-state index is 12.3. The van der Waals surface area contributed by atoms with Crippen LogP contribution in [0.5, 0.6) is 0 Å². The number of carbonyl (C=O) groups is 4. The van der Waals surface area contributed by atoms with Gasteiger partial charge in [0.1, 0.15) is 0 Å². The van der Waals surface area contributed by atoms with Gasteiger partial charge in [-0.2, -0.15) is 0 Å². The first kappa shape index (κ1) is 20.1. The molecule has 0 spiro atoms. The van der Waals surface area contributed by atoms with Crippen LogP contribution in [0.1, 0.15) is 19.3 Å². The van der Waals surface area contributed by atoms with Crippen molar-refractivity contribution in [2.45, 2.75) is 24.2 Å². The molecule has 1 aliphatic carbocycles. The topological polar surface area (TPSA) is 92.8 Å². The lowest BCUT2D eigenvalue weighted by Gasteiger charge is -2.14. The van der Waals surface area contributed by atoms with E-state index < -0.39 is 18.5 Å². The Balaban J connectivity index is 1.44. The lowest BCUT2D eigenvalue weighted by Crippen LogP contribution is -2.33. The Morgan fingerprint density at radius 3 is 2.43 bits per heavy atom. The number of ether oxygens (including phenoxy) is 1. The second kappa shape index (κ2) is 9.05. The van der Waals surface area contributed by atoms with Gasteiger partial charge in [-0.25, -0.2) is 0 Å². The van der Waals surface area contributed by atoms with Gasteiger partial charge in [0.25, 0.3) is 5.91 Å². The second-order valence-electron chi connectivity index (χ2n) is 6.64. The zero-order valence-electron chi connectivity index (χ0n) is 15.6. The molecule has 3 rings (SSSR count).